The van der Waals surface area contributed by atoms with Crippen LogP contribution in [0.5, 0.6) is 5.75 Å². The molecule has 0 saturated carbocycles. The summed E-state index contributed by atoms with van der Waals surface area (Å²) < 4.78 is 39.4. The van der Waals surface area contributed by atoms with Crippen molar-refractivity contribution in [3.8, 4) is 16.9 Å². The number of esters is 1. The second kappa shape index (κ2) is 9.70. The van der Waals surface area contributed by atoms with Gasteiger partial charge in [-0.05, 0) is 65.9 Å². The highest BCUT2D eigenvalue weighted by Crippen LogP contribution is 2.36. The molecule has 2 N–H and O–H groups in total. The van der Waals surface area contributed by atoms with Crippen molar-refractivity contribution >= 4 is 32.6 Å². The van der Waals surface area contributed by atoms with Crippen LogP contribution in [0, 0.1) is 0 Å². The molecule has 0 aliphatic rings. The molecule has 3 aromatic carbocycles. The summed E-state index contributed by atoms with van der Waals surface area (Å²) in [6.07, 6.45) is 0. The fourth-order valence-corrected chi connectivity index (χ4v) is 5.07. The second-order valence-corrected chi connectivity index (χ2v) is 11.1. The number of hydrogen-bond acceptors (Lipinski definition) is 5. The van der Waals surface area contributed by atoms with Gasteiger partial charge in [-0.15, -0.1) is 0 Å². The Morgan fingerprint density at radius 2 is 1.64 bits per heavy atom. The van der Waals surface area contributed by atoms with E-state index in [1.54, 1.807) is 56.5 Å². The topological polar surface area (TPSA) is 97.5 Å². The van der Waals surface area contributed by atoms with E-state index >= 15 is 0 Å². The largest absolute Gasteiger partial charge is 0.497 e. The number of aromatic amines is 1. The van der Waals surface area contributed by atoms with Crippen LogP contribution in [0.1, 0.15) is 43.7 Å². The maximum absolute atomic E-state index is 13.1. The minimum absolute atomic E-state index is 0.0798. The van der Waals surface area contributed by atoms with Gasteiger partial charge in [-0.2, -0.15) is 0 Å². The summed E-state index contributed by atoms with van der Waals surface area (Å²) in [5.41, 5.74) is 3.72. The van der Waals surface area contributed by atoms with Gasteiger partial charge in [0.25, 0.3) is 10.0 Å². The van der Waals surface area contributed by atoms with Crippen LogP contribution in [-0.2, 0) is 20.2 Å². The van der Waals surface area contributed by atoms with Crippen LogP contribution in [-0.4, -0.2) is 33.1 Å². The number of rotatable bonds is 7. The standard InChI is InChI=1S/C28H30N2O5S/c1-6-35-27(31)26-25(18-7-12-21(34-5)13-8-18)23-17-20(11-16-24(23)29-26)30-36(32,33)22-14-9-19(10-15-22)28(2,3)4/h7-17,29-30H,6H2,1-5H3. The van der Waals surface area contributed by atoms with Crippen LogP contribution in [0.2, 0.25) is 0 Å². The lowest BCUT2D eigenvalue weighted by molar-refractivity contribution is 0.0521. The molecule has 0 atom stereocenters. The molecule has 0 bridgehead atoms. The average molecular weight is 507 g/mol. The molecule has 8 heteroatoms. The molecular formula is C28H30N2O5S. The van der Waals surface area contributed by atoms with Crippen molar-refractivity contribution in [2.24, 2.45) is 0 Å². The Kier molecular flexibility index (Phi) is 6.82. The van der Waals surface area contributed by atoms with Crippen molar-refractivity contribution in [3.63, 3.8) is 0 Å². The Hall–Kier alpha value is -3.78. The zero-order valence-electron chi connectivity index (χ0n) is 21.0. The number of sulfonamides is 1. The number of nitrogens with one attached hydrogen (secondary N) is 2. The number of fused-ring (bicyclic) bond motifs is 1. The van der Waals surface area contributed by atoms with Crippen LogP contribution in [0.3, 0.4) is 0 Å². The van der Waals surface area contributed by atoms with Crippen molar-refractivity contribution in [1.29, 1.82) is 0 Å². The molecule has 0 fully saturated rings. The molecule has 1 heterocycles. The third kappa shape index (κ3) is 5.09. The van der Waals surface area contributed by atoms with Gasteiger partial charge < -0.3 is 14.5 Å². The Morgan fingerprint density at radius 1 is 0.972 bits per heavy atom. The van der Waals surface area contributed by atoms with Crippen molar-refractivity contribution in [2.75, 3.05) is 18.4 Å². The lowest BCUT2D eigenvalue weighted by Gasteiger charge is -2.19. The summed E-state index contributed by atoms with van der Waals surface area (Å²) in [5, 5.41) is 0.687. The molecule has 4 rings (SSSR count). The van der Waals surface area contributed by atoms with Gasteiger partial charge in [-0.3, -0.25) is 4.72 Å². The number of ether oxygens (including phenoxy) is 2. The molecule has 188 valence electrons. The van der Waals surface area contributed by atoms with Gasteiger partial charge in [-0.25, -0.2) is 13.2 Å². The first kappa shape index (κ1) is 25.3. The monoisotopic (exact) mass is 506 g/mol. The molecule has 0 aliphatic carbocycles. The fraction of sp³-hybridized carbons (Fsp3) is 0.250. The molecule has 0 saturated heterocycles. The number of anilines is 1. The number of carbonyl (C=O) groups excluding carboxylic acids is 1. The van der Waals surface area contributed by atoms with Crippen LogP contribution < -0.4 is 9.46 Å². The summed E-state index contributed by atoms with van der Waals surface area (Å²) >= 11 is 0. The van der Waals surface area contributed by atoms with E-state index in [-0.39, 0.29) is 16.9 Å². The van der Waals surface area contributed by atoms with E-state index in [1.165, 1.54) is 0 Å². The smallest absolute Gasteiger partial charge is 0.355 e. The summed E-state index contributed by atoms with van der Waals surface area (Å²) in [4.78, 5) is 16.0. The van der Waals surface area contributed by atoms with Gasteiger partial charge in [0.15, 0.2) is 0 Å². The van der Waals surface area contributed by atoms with Gasteiger partial charge >= 0.3 is 5.97 Å². The van der Waals surface area contributed by atoms with Crippen molar-refractivity contribution in [1.82, 2.24) is 4.98 Å². The average Bonchev–Trinajstić information content (AvgIpc) is 3.22. The third-order valence-corrected chi connectivity index (χ3v) is 7.34. The summed E-state index contributed by atoms with van der Waals surface area (Å²) in [6.45, 7) is 8.20. The van der Waals surface area contributed by atoms with E-state index in [1.807, 2.05) is 24.3 Å². The van der Waals surface area contributed by atoms with Crippen molar-refractivity contribution in [3.05, 3.63) is 78.0 Å². The molecular weight excluding hydrogens is 476 g/mol. The number of H-pyrrole nitrogens is 1. The molecule has 0 unspecified atom stereocenters. The fourth-order valence-electron chi connectivity index (χ4n) is 4.02. The van der Waals surface area contributed by atoms with Crippen LogP contribution in [0.25, 0.3) is 22.0 Å². The Bertz CT molecular complexity index is 1500. The van der Waals surface area contributed by atoms with Gasteiger partial charge in [0.1, 0.15) is 11.4 Å². The van der Waals surface area contributed by atoms with Gasteiger partial charge in [0, 0.05) is 22.2 Å². The Labute approximate surface area is 211 Å². The van der Waals surface area contributed by atoms with Gasteiger partial charge in [-0.1, -0.05) is 45.0 Å². The molecule has 0 radical (unpaired) electrons. The molecule has 0 spiro atoms. The minimum Gasteiger partial charge on any atom is -0.497 e. The van der Waals surface area contributed by atoms with Gasteiger partial charge in [0.05, 0.1) is 18.6 Å². The summed E-state index contributed by atoms with van der Waals surface area (Å²) in [6, 6.07) is 19.3. The van der Waals surface area contributed by atoms with E-state index in [0.717, 1.165) is 11.1 Å². The van der Waals surface area contributed by atoms with Crippen LogP contribution >= 0.6 is 0 Å². The molecule has 7 nitrogen and oxygen atoms in total. The SMILES string of the molecule is CCOC(=O)c1[nH]c2ccc(NS(=O)(=O)c3ccc(C(C)(C)C)cc3)cc2c1-c1ccc(OC)cc1. The second-order valence-electron chi connectivity index (χ2n) is 9.46. The first-order chi connectivity index (χ1) is 17.0. The summed E-state index contributed by atoms with van der Waals surface area (Å²) in [5.74, 6) is 0.197. The van der Waals surface area contributed by atoms with E-state index in [0.29, 0.717) is 33.6 Å². The van der Waals surface area contributed by atoms with E-state index in [9.17, 15) is 13.2 Å². The first-order valence-electron chi connectivity index (χ1n) is 11.6. The van der Waals surface area contributed by atoms with Crippen molar-refractivity contribution in [2.45, 2.75) is 38.0 Å². The molecule has 0 amide bonds. The first-order valence-corrected chi connectivity index (χ1v) is 13.1. The zero-order chi connectivity index (χ0) is 26.1. The number of methoxy groups -OCH3 is 1. The number of aromatic nitrogens is 1. The molecule has 0 aliphatic heterocycles. The normalized spacial score (nSPS) is 11.9. The highest BCUT2D eigenvalue weighted by molar-refractivity contribution is 7.92. The number of carbonyl (C=O) groups is 1. The third-order valence-electron chi connectivity index (χ3n) is 5.94. The lowest BCUT2D eigenvalue weighted by Crippen LogP contribution is -2.14. The van der Waals surface area contributed by atoms with Gasteiger partial charge in [0.2, 0.25) is 0 Å². The highest BCUT2D eigenvalue weighted by atomic mass is 32.2. The summed E-state index contributed by atoms with van der Waals surface area (Å²) in [7, 11) is -2.23. The predicted octanol–water partition coefficient (Wildman–Crippen LogP) is 6.12. The Balaban J connectivity index is 1.76. The number of hydrogen-bond donors (Lipinski definition) is 2. The quantitative estimate of drug-likeness (QED) is 0.294. The van der Waals surface area contributed by atoms with E-state index in [2.05, 4.69) is 30.5 Å². The number of benzene rings is 3. The maximum Gasteiger partial charge on any atom is 0.355 e. The Morgan fingerprint density at radius 3 is 2.22 bits per heavy atom. The van der Waals surface area contributed by atoms with E-state index < -0.39 is 16.0 Å². The highest BCUT2D eigenvalue weighted by Gasteiger charge is 2.22. The van der Waals surface area contributed by atoms with Crippen LogP contribution in [0.4, 0.5) is 5.69 Å². The molecule has 36 heavy (non-hydrogen) atoms. The zero-order valence-corrected chi connectivity index (χ0v) is 21.8. The van der Waals surface area contributed by atoms with E-state index in [4.69, 9.17) is 9.47 Å². The van der Waals surface area contributed by atoms with Crippen LogP contribution in [0.15, 0.2) is 71.6 Å². The van der Waals surface area contributed by atoms with Crippen molar-refractivity contribution < 1.29 is 22.7 Å². The lowest BCUT2D eigenvalue weighted by atomic mass is 9.87. The minimum atomic E-state index is -3.82. The maximum atomic E-state index is 13.1. The predicted molar refractivity (Wildman–Crippen MR) is 142 cm³/mol. The molecule has 4 aromatic rings. The molecule has 1 aromatic heterocycles.